The van der Waals surface area contributed by atoms with Crippen molar-refractivity contribution in [2.45, 2.75) is 25.5 Å². The standard InChI is InChI=1S/C13H17F2NO3/c1-17-10-4-5-12(19-13(14)15)11(7-10)16-9-3-2-6-18-8-9/h4-5,7,9,13,16H,2-3,6,8H2,1H3. The largest absolute Gasteiger partial charge is 0.497 e. The molecule has 2 rings (SSSR count). The zero-order valence-corrected chi connectivity index (χ0v) is 10.7. The van der Waals surface area contributed by atoms with Gasteiger partial charge in [0.1, 0.15) is 11.5 Å². The molecule has 1 unspecified atom stereocenters. The van der Waals surface area contributed by atoms with E-state index in [9.17, 15) is 8.78 Å². The van der Waals surface area contributed by atoms with E-state index in [1.54, 1.807) is 12.1 Å². The fourth-order valence-corrected chi connectivity index (χ4v) is 2.02. The lowest BCUT2D eigenvalue weighted by Gasteiger charge is -2.25. The number of anilines is 1. The summed E-state index contributed by atoms with van der Waals surface area (Å²) in [5.74, 6) is 0.696. The average molecular weight is 273 g/mol. The van der Waals surface area contributed by atoms with E-state index in [1.807, 2.05) is 0 Å². The van der Waals surface area contributed by atoms with E-state index >= 15 is 0 Å². The zero-order valence-electron chi connectivity index (χ0n) is 10.7. The molecule has 1 aliphatic heterocycles. The van der Waals surface area contributed by atoms with Gasteiger partial charge >= 0.3 is 6.61 Å². The summed E-state index contributed by atoms with van der Waals surface area (Å²) < 4.78 is 39.6. The Balaban J connectivity index is 2.13. The minimum Gasteiger partial charge on any atom is -0.497 e. The van der Waals surface area contributed by atoms with Crippen LogP contribution in [0.2, 0.25) is 0 Å². The highest BCUT2D eigenvalue weighted by molar-refractivity contribution is 5.60. The normalized spacial score (nSPS) is 19.3. The van der Waals surface area contributed by atoms with Crippen molar-refractivity contribution in [3.63, 3.8) is 0 Å². The van der Waals surface area contributed by atoms with Gasteiger partial charge in [-0.2, -0.15) is 8.78 Å². The van der Waals surface area contributed by atoms with Crippen molar-refractivity contribution in [3.05, 3.63) is 18.2 Å². The van der Waals surface area contributed by atoms with Crippen LogP contribution in [-0.2, 0) is 4.74 Å². The molecule has 6 heteroatoms. The van der Waals surface area contributed by atoms with Crippen LogP contribution in [0.15, 0.2) is 18.2 Å². The molecule has 0 aromatic heterocycles. The van der Waals surface area contributed by atoms with Crippen LogP contribution in [0.1, 0.15) is 12.8 Å². The van der Waals surface area contributed by atoms with E-state index in [0.717, 1.165) is 19.4 Å². The molecule has 0 aliphatic carbocycles. The molecule has 0 radical (unpaired) electrons. The van der Waals surface area contributed by atoms with Crippen LogP contribution in [0.5, 0.6) is 11.5 Å². The van der Waals surface area contributed by atoms with Crippen LogP contribution < -0.4 is 14.8 Å². The molecule has 0 saturated carbocycles. The number of benzene rings is 1. The summed E-state index contributed by atoms with van der Waals surface area (Å²) in [4.78, 5) is 0. The summed E-state index contributed by atoms with van der Waals surface area (Å²) in [6.07, 6.45) is 1.89. The topological polar surface area (TPSA) is 39.7 Å². The molecule has 19 heavy (non-hydrogen) atoms. The lowest BCUT2D eigenvalue weighted by Crippen LogP contribution is -2.30. The summed E-state index contributed by atoms with van der Waals surface area (Å²) >= 11 is 0. The maximum Gasteiger partial charge on any atom is 0.387 e. The number of methoxy groups -OCH3 is 1. The zero-order chi connectivity index (χ0) is 13.7. The minimum atomic E-state index is -2.85. The van der Waals surface area contributed by atoms with Gasteiger partial charge in [-0.3, -0.25) is 0 Å². The van der Waals surface area contributed by atoms with Gasteiger partial charge in [-0.25, -0.2) is 0 Å². The molecule has 0 bridgehead atoms. The maximum absolute atomic E-state index is 12.4. The Morgan fingerprint density at radius 1 is 1.42 bits per heavy atom. The molecular formula is C13H17F2NO3. The molecule has 1 aliphatic rings. The van der Waals surface area contributed by atoms with Crippen LogP contribution in [0.3, 0.4) is 0 Å². The second kappa shape index (κ2) is 6.56. The van der Waals surface area contributed by atoms with Gasteiger partial charge in [0.05, 0.1) is 19.4 Å². The van der Waals surface area contributed by atoms with Crippen molar-refractivity contribution < 1.29 is 23.0 Å². The van der Waals surface area contributed by atoms with Gasteiger partial charge in [0.2, 0.25) is 0 Å². The number of rotatable bonds is 5. The van der Waals surface area contributed by atoms with E-state index in [2.05, 4.69) is 10.1 Å². The van der Waals surface area contributed by atoms with E-state index in [0.29, 0.717) is 18.0 Å². The lowest BCUT2D eigenvalue weighted by atomic mass is 10.1. The Bertz CT molecular complexity index is 409. The highest BCUT2D eigenvalue weighted by Crippen LogP contribution is 2.31. The third-order valence-corrected chi connectivity index (χ3v) is 2.92. The molecule has 1 atom stereocenters. The van der Waals surface area contributed by atoms with Crippen LogP contribution in [-0.4, -0.2) is 33.0 Å². The van der Waals surface area contributed by atoms with Crippen LogP contribution in [0.4, 0.5) is 14.5 Å². The number of alkyl halides is 2. The molecular weight excluding hydrogens is 256 g/mol. The molecule has 1 aromatic carbocycles. The summed E-state index contributed by atoms with van der Waals surface area (Å²) in [6, 6.07) is 4.80. The van der Waals surface area contributed by atoms with E-state index in [1.165, 1.54) is 13.2 Å². The number of hydrogen-bond donors (Lipinski definition) is 1. The van der Waals surface area contributed by atoms with Crippen LogP contribution in [0.25, 0.3) is 0 Å². The first-order valence-corrected chi connectivity index (χ1v) is 6.16. The van der Waals surface area contributed by atoms with Crippen molar-refractivity contribution in [1.29, 1.82) is 0 Å². The molecule has 0 spiro atoms. The molecule has 4 nitrogen and oxygen atoms in total. The van der Waals surface area contributed by atoms with Gasteiger partial charge in [0.15, 0.2) is 0 Å². The van der Waals surface area contributed by atoms with Gasteiger partial charge in [-0.15, -0.1) is 0 Å². The van der Waals surface area contributed by atoms with Crippen molar-refractivity contribution in [1.82, 2.24) is 0 Å². The lowest BCUT2D eigenvalue weighted by molar-refractivity contribution is -0.0494. The van der Waals surface area contributed by atoms with Crippen LogP contribution in [0, 0.1) is 0 Å². The summed E-state index contributed by atoms with van der Waals surface area (Å²) in [5, 5.41) is 3.17. The first kappa shape index (κ1) is 13.9. The van der Waals surface area contributed by atoms with Gasteiger partial charge < -0.3 is 19.5 Å². The van der Waals surface area contributed by atoms with Gasteiger partial charge in [0.25, 0.3) is 0 Å². The van der Waals surface area contributed by atoms with E-state index in [-0.39, 0.29) is 11.8 Å². The fraction of sp³-hybridized carbons (Fsp3) is 0.538. The fourth-order valence-electron chi connectivity index (χ4n) is 2.02. The molecule has 1 saturated heterocycles. The van der Waals surface area contributed by atoms with Crippen molar-refractivity contribution in [2.75, 3.05) is 25.6 Å². The predicted octanol–water partition coefficient (Wildman–Crippen LogP) is 2.89. The van der Waals surface area contributed by atoms with Crippen molar-refractivity contribution in [2.24, 2.45) is 0 Å². The van der Waals surface area contributed by atoms with Gasteiger partial charge in [-0.1, -0.05) is 0 Å². The summed E-state index contributed by atoms with van der Waals surface area (Å²) in [7, 11) is 1.52. The third-order valence-electron chi connectivity index (χ3n) is 2.92. The van der Waals surface area contributed by atoms with Gasteiger partial charge in [0, 0.05) is 18.7 Å². The van der Waals surface area contributed by atoms with E-state index in [4.69, 9.17) is 9.47 Å². The molecule has 1 N–H and O–H groups in total. The monoisotopic (exact) mass is 273 g/mol. The molecule has 1 aromatic rings. The van der Waals surface area contributed by atoms with Crippen LogP contribution >= 0.6 is 0 Å². The Labute approximate surface area is 110 Å². The number of halogens is 2. The Morgan fingerprint density at radius 2 is 2.26 bits per heavy atom. The molecule has 1 heterocycles. The first-order valence-electron chi connectivity index (χ1n) is 6.16. The molecule has 106 valence electrons. The van der Waals surface area contributed by atoms with Crippen molar-refractivity contribution in [3.8, 4) is 11.5 Å². The number of hydrogen-bond acceptors (Lipinski definition) is 4. The Kier molecular flexibility index (Phi) is 4.79. The maximum atomic E-state index is 12.4. The highest BCUT2D eigenvalue weighted by Gasteiger charge is 2.17. The Hall–Kier alpha value is -1.56. The number of ether oxygens (including phenoxy) is 3. The smallest absolute Gasteiger partial charge is 0.387 e. The summed E-state index contributed by atoms with van der Waals surface area (Å²) in [6.45, 7) is -1.54. The molecule has 1 fully saturated rings. The van der Waals surface area contributed by atoms with Crippen molar-refractivity contribution >= 4 is 5.69 Å². The number of nitrogens with one attached hydrogen (secondary N) is 1. The van der Waals surface area contributed by atoms with E-state index < -0.39 is 6.61 Å². The Morgan fingerprint density at radius 3 is 2.89 bits per heavy atom. The third kappa shape index (κ3) is 3.96. The summed E-state index contributed by atoms with van der Waals surface area (Å²) in [5.41, 5.74) is 0.496. The van der Waals surface area contributed by atoms with Gasteiger partial charge in [-0.05, 0) is 25.0 Å². The average Bonchev–Trinajstić information content (AvgIpc) is 2.41. The second-order valence-electron chi connectivity index (χ2n) is 4.30. The molecule has 0 amide bonds. The predicted molar refractivity (Wildman–Crippen MR) is 67.1 cm³/mol. The minimum absolute atomic E-state index is 0.0980. The quantitative estimate of drug-likeness (QED) is 0.895. The second-order valence-corrected chi connectivity index (χ2v) is 4.30. The first-order chi connectivity index (χ1) is 9.19. The SMILES string of the molecule is COc1ccc(OC(F)F)c(NC2CCCOC2)c1. The highest BCUT2D eigenvalue weighted by atomic mass is 19.3.